The van der Waals surface area contributed by atoms with Crippen LogP contribution in [0.25, 0.3) is 12.2 Å². The number of carbonyl (C=O) groups excluding carboxylic acids is 1. The van der Waals surface area contributed by atoms with Crippen molar-refractivity contribution in [3.05, 3.63) is 58.7 Å². The van der Waals surface area contributed by atoms with E-state index in [9.17, 15) is 4.79 Å². The second-order valence-electron chi connectivity index (χ2n) is 10.3. The Balaban J connectivity index is 1.30. The van der Waals surface area contributed by atoms with Crippen molar-refractivity contribution >= 4 is 17.9 Å². The third kappa shape index (κ3) is 7.02. The number of rotatable bonds is 8. The van der Waals surface area contributed by atoms with Gasteiger partial charge in [0.15, 0.2) is 28.8 Å². The topological polar surface area (TPSA) is 72.5 Å². The van der Waals surface area contributed by atoms with Gasteiger partial charge in [-0.15, -0.1) is 0 Å². The predicted octanol–water partition coefficient (Wildman–Crippen LogP) is 6.04. The number of Topliss-reactive ketones (excluding diaryl/α,β-unsaturated/α-hetero) is 1. The van der Waals surface area contributed by atoms with Gasteiger partial charge >= 0.3 is 0 Å². The first-order valence-corrected chi connectivity index (χ1v) is 13.9. The molecular formula is C32H38O7. The van der Waals surface area contributed by atoms with Crippen LogP contribution in [-0.4, -0.2) is 58.6 Å². The summed E-state index contributed by atoms with van der Waals surface area (Å²) in [4.78, 5) is 13.4. The molecule has 3 fully saturated rings. The van der Waals surface area contributed by atoms with E-state index in [1.54, 1.807) is 14.2 Å². The molecule has 7 heteroatoms. The molecule has 5 rings (SSSR count). The molecule has 0 N–H and O–H groups in total. The summed E-state index contributed by atoms with van der Waals surface area (Å²) in [6.07, 6.45) is 10.3. The van der Waals surface area contributed by atoms with E-state index in [-0.39, 0.29) is 18.0 Å². The highest BCUT2D eigenvalue weighted by Crippen LogP contribution is 2.35. The maximum Gasteiger partial charge on any atom is 0.185 e. The van der Waals surface area contributed by atoms with Crippen molar-refractivity contribution in [1.29, 1.82) is 0 Å². The van der Waals surface area contributed by atoms with E-state index in [1.807, 2.05) is 48.6 Å². The molecular weight excluding hydrogens is 496 g/mol. The minimum absolute atomic E-state index is 0.0324. The van der Waals surface area contributed by atoms with E-state index < -0.39 is 0 Å². The van der Waals surface area contributed by atoms with Crippen molar-refractivity contribution in [3.8, 4) is 23.0 Å². The fourth-order valence-electron chi connectivity index (χ4n) is 5.29. The summed E-state index contributed by atoms with van der Waals surface area (Å²) in [7, 11) is 3.27. The zero-order valence-electron chi connectivity index (χ0n) is 22.9. The second kappa shape index (κ2) is 13.2. The van der Waals surface area contributed by atoms with Crippen LogP contribution in [0.2, 0.25) is 0 Å². The molecule has 2 saturated heterocycles. The van der Waals surface area contributed by atoms with E-state index in [4.69, 9.17) is 28.4 Å². The van der Waals surface area contributed by atoms with Gasteiger partial charge in [-0.2, -0.15) is 0 Å². The zero-order chi connectivity index (χ0) is 27.0. The molecule has 0 amide bonds. The SMILES string of the molecule is COc1cc(/C=C2\CCC/C(=C\c3ccc(OC4CCCOC4)c(OC)c3)C2=O)ccc1OC1CCCOC1. The average Bonchev–Trinajstić information content (AvgIpc) is 2.97. The van der Waals surface area contributed by atoms with Crippen molar-refractivity contribution in [1.82, 2.24) is 0 Å². The normalized spacial score (nSPS) is 24.0. The fourth-order valence-corrected chi connectivity index (χ4v) is 5.29. The van der Waals surface area contributed by atoms with Gasteiger partial charge in [0, 0.05) is 24.4 Å². The quantitative estimate of drug-likeness (QED) is 0.383. The van der Waals surface area contributed by atoms with Crippen LogP contribution in [0.15, 0.2) is 47.5 Å². The molecule has 208 valence electrons. The summed E-state index contributed by atoms with van der Waals surface area (Å²) >= 11 is 0. The summed E-state index contributed by atoms with van der Waals surface area (Å²) < 4.78 is 34.5. The molecule has 1 aliphatic carbocycles. The molecule has 0 bridgehead atoms. The van der Waals surface area contributed by atoms with Gasteiger partial charge in [-0.3, -0.25) is 4.79 Å². The van der Waals surface area contributed by atoms with Gasteiger partial charge in [0.2, 0.25) is 0 Å². The Labute approximate surface area is 230 Å². The smallest absolute Gasteiger partial charge is 0.185 e. The molecule has 2 atom stereocenters. The molecule has 2 aliphatic heterocycles. The van der Waals surface area contributed by atoms with Crippen molar-refractivity contribution in [3.63, 3.8) is 0 Å². The monoisotopic (exact) mass is 534 g/mol. The summed E-state index contributed by atoms with van der Waals surface area (Å²) in [6.45, 7) is 2.76. The number of allylic oxidation sites excluding steroid dienone is 2. The molecule has 2 aromatic carbocycles. The van der Waals surface area contributed by atoms with E-state index in [2.05, 4.69) is 0 Å². The van der Waals surface area contributed by atoms with Gasteiger partial charge in [0.05, 0.1) is 27.4 Å². The van der Waals surface area contributed by atoms with Crippen LogP contribution >= 0.6 is 0 Å². The Morgan fingerprint density at radius 2 is 1.18 bits per heavy atom. The first kappa shape index (κ1) is 27.3. The number of methoxy groups -OCH3 is 2. The zero-order valence-corrected chi connectivity index (χ0v) is 22.9. The van der Waals surface area contributed by atoms with Crippen molar-refractivity contribution in [2.45, 2.75) is 57.2 Å². The first-order valence-electron chi connectivity index (χ1n) is 13.9. The summed E-state index contributed by atoms with van der Waals surface area (Å²) in [5.41, 5.74) is 3.43. The Bertz CT molecular complexity index is 1110. The molecule has 0 aromatic heterocycles. The number of ketones is 1. The van der Waals surface area contributed by atoms with Crippen LogP contribution in [0, 0.1) is 0 Å². The molecule has 1 saturated carbocycles. The standard InChI is InChI=1S/C32H38O7/c1-34-30-18-22(10-12-28(30)38-26-8-4-14-36-20-26)16-24-6-3-7-25(32(24)33)17-23-11-13-29(31(19-23)35-2)39-27-9-5-15-37-21-27/h10-13,16-19,26-27H,3-9,14-15,20-21H2,1-2H3/b24-16+,25-17+. The van der Waals surface area contributed by atoms with Crippen LogP contribution in [0.3, 0.4) is 0 Å². The van der Waals surface area contributed by atoms with Crippen LogP contribution in [0.4, 0.5) is 0 Å². The Morgan fingerprint density at radius 3 is 1.59 bits per heavy atom. The van der Waals surface area contributed by atoms with Crippen molar-refractivity contribution in [2.75, 3.05) is 40.6 Å². The van der Waals surface area contributed by atoms with E-state index >= 15 is 0 Å². The number of benzene rings is 2. The molecule has 7 nitrogen and oxygen atoms in total. The van der Waals surface area contributed by atoms with Gasteiger partial charge in [0.1, 0.15) is 12.2 Å². The Kier molecular flexibility index (Phi) is 9.22. The van der Waals surface area contributed by atoms with Crippen molar-refractivity contribution < 1.29 is 33.2 Å². The highest BCUT2D eigenvalue weighted by atomic mass is 16.6. The van der Waals surface area contributed by atoms with Crippen molar-refractivity contribution in [2.24, 2.45) is 0 Å². The third-order valence-corrected chi connectivity index (χ3v) is 7.36. The van der Waals surface area contributed by atoms with Gasteiger partial charge in [-0.05, 0) is 92.5 Å². The molecule has 39 heavy (non-hydrogen) atoms. The lowest BCUT2D eigenvalue weighted by molar-refractivity contribution is -0.112. The Morgan fingerprint density at radius 1 is 0.692 bits per heavy atom. The molecule has 0 radical (unpaired) electrons. The summed E-state index contributed by atoms with van der Waals surface area (Å²) in [5.74, 6) is 2.79. The van der Waals surface area contributed by atoms with Gasteiger partial charge in [0.25, 0.3) is 0 Å². The Hall–Kier alpha value is -3.29. The minimum atomic E-state index is 0.0324. The van der Waals surface area contributed by atoms with Crippen LogP contribution in [0.1, 0.15) is 56.1 Å². The largest absolute Gasteiger partial charge is 0.493 e. The lowest BCUT2D eigenvalue weighted by Crippen LogP contribution is -2.28. The summed E-state index contributed by atoms with van der Waals surface area (Å²) in [5, 5.41) is 0. The van der Waals surface area contributed by atoms with Crippen LogP contribution < -0.4 is 18.9 Å². The lowest BCUT2D eigenvalue weighted by Gasteiger charge is -2.24. The van der Waals surface area contributed by atoms with E-state index in [0.29, 0.717) is 36.2 Å². The van der Waals surface area contributed by atoms with E-state index in [0.717, 1.165) is 80.4 Å². The second-order valence-corrected chi connectivity index (χ2v) is 10.3. The molecule has 3 aliphatic rings. The number of hydrogen-bond acceptors (Lipinski definition) is 7. The third-order valence-electron chi connectivity index (χ3n) is 7.36. The lowest BCUT2D eigenvalue weighted by atomic mass is 9.87. The molecule has 2 unspecified atom stereocenters. The maximum absolute atomic E-state index is 13.4. The van der Waals surface area contributed by atoms with Gasteiger partial charge in [-0.25, -0.2) is 0 Å². The average molecular weight is 535 g/mol. The summed E-state index contributed by atoms with van der Waals surface area (Å²) in [6, 6.07) is 11.6. The van der Waals surface area contributed by atoms with Crippen LogP contribution in [0.5, 0.6) is 23.0 Å². The van der Waals surface area contributed by atoms with Crippen LogP contribution in [-0.2, 0) is 14.3 Å². The molecule has 2 heterocycles. The molecule has 0 spiro atoms. The van der Waals surface area contributed by atoms with E-state index in [1.165, 1.54) is 0 Å². The molecule has 2 aromatic rings. The maximum atomic E-state index is 13.4. The first-order chi connectivity index (χ1) is 19.1. The number of ether oxygens (including phenoxy) is 6. The predicted molar refractivity (Wildman–Crippen MR) is 150 cm³/mol. The highest BCUT2D eigenvalue weighted by Gasteiger charge is 2.22. The number of hydrogen-bond donors (Lipinski definition) is 0. The minimum Gasteiger partial charge on any atom is -0.493 e. The number of carbonyl (C=O) groups is 1. The van der Waals surface area contributed by atoms with Gasteiger partial charge < -0.3 is 28.4 Å². The van der Waals surface area contributed by atoms with Gasteiger partial charge in [-0.1, -0.05) is 12.1 Å². The fraction of sp³-hybridized carbons (Fsp3) is 0.469. The highest BCUT2D eigenvalue weighted by molar-refractivity contribution is 6.14.